The molecule has 3 N–H and O–H groups in total. The first-order chi connectivity index (χ1) is 12.5. The second-order valence-corrected chi connectivity index (χ2v) is 5.64. The lowest BCUT2D eigenvalue weighted by molar-refractivity contribution is 0.0956. The van der Waals surface area contributed by atoms with Gasteiger partial charge in [0, 0.05) is 22.7 Å². The quantitative estimate of drug-likeness (QED) is 0.495. The molecule has 132 valence electrons. The first-order valence-corrected chi connectivity index (χ1v) is 7.78. The van der Waals surface area contributed by atoms with Crippen LogP contribution in [0.1, 0.15) is 21.6 Å². The van der Waals surface area contributed by atoms with Gasteiger partial charge in [0.15, 0.2) is 0 Å². The molecule has 0 atom stereocenters. The Labute approximate surface area is 149 Å². The minimum absolute atomic E-state index is 0.0589. The Morgan fingerprint density at radius 1 is 1.19 bits per heavy atom. The fourth-order valence-electron chi connectivity index (χ4n) is 2.51. The second-order valence-electron chi connectivity index (χ2n) is 5.64. The van der Waals surface area contributed by atoms with Gasteiger partial charge in [0.2, 0.25) is 0 Å². The number of fused-ring (bicyclic) bond motifs is 1. The van der Waals surface area contributed by atoms with Crippen molar-refractivity contribution in [3.63, 3.8) is 0 Å². The van der Waals surface area contributed by atoms with E-state index in [-0.39, 0.29) is 11.5 Å². The van der Waals surface area contributed by atoms with E-state index in [2.05, 4.69) is 15.5 Å². The predicted octanol–water partition coefficient (Wildman–Crippen LogP) is 2.73. The van der Waals surface area contributed by atoms with Gasteiger partial charge >= 0.3 is 0 Å². The van der Waals surface area contributed by atoms with Crippen molar-refractivity contribution in [2.24, 2.45) is 5.10 Å². The average Bonchev–Trinajstić information content (AvgIpc) is 2.62. The number of nitrogens with one attached hydrogen (secondary N) is 1. The van der Waals surface area contributed by atoms with E-state index in [9.17, 15) is 15.0 Å². The van der Waals surface area contributed by atoms with Crippen LogP contribution < -0.4 is 10.2 Å². The van der Waals surface area contributed by atoms with Crippen LogP contribution in [0.25, 0.3) is 10.9 Å². The standard InChI is InChI=1S/C19H17N3O4/c1-11-7-16(15-9-14(26-2)5-6-17(15)21-11)19(25)22-20-10-12-3-4-13(23)8-18(12)24/h3-10,23-24H,1-2H3,(H,22,25)/b20-10+. The summed E-state index contributed by atoms with van der Waals surface area (Å²) >= 11 is 0. The van der Waals surface area contributed by atoms with Gasteiger partial charge in [-0.25, -0.2) is 5.43 Å². The lowest BCUT2D eigenvalue weighted by Crippen LogP contribution is -2.18. The topological polar surface area (TPSA) is 104 Å². The summed E-state index contributed by atoms with van der Waals surface area (Å²) in [6, 6.07) is 11.1. The van der Waals surface area contributed by atoms with Crippen LogP contribution >= 0.6 is 0 Å². The molecule has 0 spiro atoms. The molecule has 26 heavy (non-hydrogen) atoms. The molecule has 2 aromatic carbocycles. The summed E-state index contributed by atoms with van der Waals surface area (Å²) < 4.78 is 5.21. The molecule has 7 nitrogen and oxygen atoms in total. The van der Waals surface area contributed by atoms with Gasteiger partial charge in [-0.05, 0) is 43.3 Å². The van der Waals surface area contributed by atoms with E-state index in [1.807, 2.05) is 0 Å². The summed E-state index contributed by atoms with van der Waals surface area (Å²) in [7, 11) is 1.55. The number of ether oxygens (including phenoxy) is 1. The maximum Gasteiger partial charge on any atom is 0.272 e. The molecule has 0 saturated heterocycles. The van der Waals surface area contributed by atoms with Gasteiger partial charge in [-0.3, -0.25) is 9.78 Å². The SMILES string of the molecule is COc1ccc2nc(C)cc(C(=O)N/N=C/c3ccc(O)cc3O)c2c1. The zero-order valence-electron chi connectivity index (χ0n) is 14.2. The van der Waals surface area contributed by atoms with Crippen LogP contribution in [0.4, 0.5) is 0 Å². The number of hydrogen-bond acceptors (Lipinski definition) is 6. The highest BCUT2D eigenvalue weighted by molar-refractivity contribution is 6.06. The Balaban J connectivity index is 1.88. The van der Waals surface area contributed by atoms with Gasteiger partial charge in [0.1, 0.15) is 17.2 Å². The number of phenols is 2. The summed E-state index contributed by atoms with van der Waals surface area (Å²) in [6.07, 6.45) is 1.30. The van der Waals surface area contributed by atoms with E-state index in [1.165, 1.54) is 24.4 Å². The zero-order valence-corrected chi connectivity index (χ0v) is 14.2. The maximum absolute atomic E-state index is 12.5. The molecule has 0 aliphatic rings. The molecule has 7 heteroatoms. The number of hydrogen-bond donors (Lipinski definition) is 3. The highest BCUT2D eigenvalue weighted by Gasteiger charge is 2.12. The summed E-state index contributed by atoms with van der Waals surface area (Å²) in [4.78, 5) is 17.0. The minimum Gasteiger partial charge on any atom is -0.508 e. The van der Waals surface area contributed by atoms with Crippen molar-refractivity contribution < 1.29 is 19.7 Å². The lowest BCUT2D eigenvalue weighted by atomic mass is 10.1. The molecule has 0 fully saturated rings. The number of aryl methyl sites for hydroxylation is 1. The Kier molecular flexibility index (Phi) is 4.70. The van der Waals surface area contributed by atoms with Crippen molar-refractivity contribution >= 4 is 23.0 Å². The largest absolute Gasteiger partial charge is 0.508 e. The molecular formula is C19H17N3O4. The normalized spacial score (nSPS) is 11.0. The van der Waals surface area contributed by atoms with E-state index in [1.54, 1.807) is 38.3 Å². The number of carbonyl (C=O) groups is 1. The first kappa shape index (κ1) is 17.2. The summed E-state index contributed by atoms with van der Waals surface area (Å²) in [5.41, 5.74) is 4.59. The number of rotatable bonds is 4. The van der Waals surface area contributed by atoms with Crippen molar-refractivity contribution in [2.75, 3.05) is 7.11 Å². The number of benzene rings is 2. The number of hydrazone groups is 1. The highest BCUT2D eigenvalue weighted by Crippen LogP contribution is 2.24. The molecule has 0 aliphatic carbocycles. The van der Waals surface area contributed by atoms with Crippen molar-refractivity contribution in [3.8, 4) is 17.2 Å². The number of amides is 1. The summed E-state index contributed by atoms with van der Waals surface area (Å²) in [5.74, 6) is 0.00675. The van der Waals surface area contributed by atoms with Crippen molar-refractivity contribution in [2.45, 2.75) is 6.92 Å². The molecule has 1 amide bonds. The van der Waals surface area contributed by atoms with E-state index < -0.39 is 5.91 Å². The molecular weight excluding hydrogens is 334 g/mol. The molecule has 0 unspecified atom stereocenters. The van der Waals surface area contributed by atoms with Crippen LogP contribution in [0.2, 0.25) is 0 Å². The van der Waals surface area contributed by atoms with Gasteiger partial charge in [0.05, 0.1) is 24.4 Å². The molecule has 3 rings (SSSR count). The maximum atomic E-state index is 12.5. The Hall–Kier alpha value is -3.61. The smallest absolute Gasteiger partial charge is 0.272 e. The number of aromatic nitrogens is 1. The number of aromatic hydroxyl groups is 2. The monoisotopic (exact) mass is 351 g/mol. The molecule has 0 aliphatic heterocycles. The van der Waals surface area contributed by atoms with E-state index in [4.69, 9.17) is 4.74 Å². The molecule has 0 radical (unpaired) electrons. The van der Waals surface area contributed by atoms with Crippen molar-refractivity contribution in [3.05, 3.63) is 59.3 Å². The fraction of sp³-hybridized carbons (Fsp3) is 0.105. The molecule has 0 bridgehead atoms. The van der Waals surface area contributed by atoms with Crippen LogP contribution in [0.5, 0.6) is 17.2 Å². The van der Waals surface area contributed by atoms with Crippen molar-refractivity contribution in [1.82, 2.24) is 10.4 Å². The number of carbonyl (C=O) groups excluding carboxylic acids is 1. The zero-order chi connectivity index (χ0) is 18.7. The molecule has 0 saturated carbocycles. The molecule has 3 aromatic rings. The summed E-state index contributed by atoms with van der Waals surface area (Å²) in [5, 5.41) is 23.5. The van der Waals surface area contributed by atoms with Gasteiger partial charge < -0.3 is 14.9 Å². The van der Waals surface area contributed by atoms with Crippen LogP contribution in [0.3, 0.4) is 0 Å². The van der Waals surface area contributed by atoms with Crippen LogP contribution in [-0.2, 0) is 0 Å². The first-order valence-electron chi connectivity index (χ1n) is 7.78. The fourth-order valence-corrected chi connectivity index (χ4v) is 2.51. The second kappa shape index (κ2) is 7.10. The number of pyridine rings is 1. The third kappa shape index (κ3) is 3.56. The third-order valence-corrected chi connectivity index (χ3v) is 3.77. The number of phenolic OH excluding ortho intramolecular Hbond substituents is 2. The predicted molar refractivity (Wildman–Crippen MR) is 97.9 cm³/mol. The van der Waals surface area contributed by atoms with Gasteiger partial charge in [-0.2, -0.15) is 5.10 Å². The van der Waals surface area contributed by atoms with Gasteiger partial charge in [0.25, 0.3) is 5.91 Å². The van der Waals surface area contributed by atoms with Gasteiger partial charge in [-0.1, -0.05) is 0 Å². The van der Waals surface area contributed by atoms with E-state index in [0.717, 1.165) is 0 Å². The molecule has 1 aromatic heterocycles. The lowest BCUT2D eigenvalue weighted by Gasteiger charge is -2.08. The Bertz CT molecular complexity index is 1020. The summed E-state index contributed by atoms with van der Waals surface area (Å²) in [6.45, 7) is 1.80. The number of methoxy groups -OCH3 is 1. The Morgan fingerprint density at radius 2 is 2.00 bits per heavy atom. The van der Waals surface area contributed by atoms with E-state index >= 15 is 0 Å². The molecule has 1 heterocycles. The Morgan fingerprint density at radius 3 is 2.73 bits per heavy atom. The number of nitrogens with zero attached hydrogens (tertiary/aromatic N) is 2. The average molecular weight is 351 g/mol. The minimum atomic E-state index is -0.414. The van der Waals surface area contributed by atoms with Gasteiger partial charge in [-0.15, -0.1) is 0 Å². The highest BCUT2D eigenvalue weighted by atomic mass is 16.5. The van der Waals surface area contributed by atoms with Crippen LogP contribution in [-0.4, -0.2) is 34.4 Å². The van der Waals surface area contributed by atoms with Crippen LogP contribution in [0.15, 0.2) is 47.6 Å². The van der Waals surface area contributed by atoms with Crippen molar-refractivity contribution in [1.29, 1.82) is 0 Å². The van der Waals surface area contributed by atoms with E-state index in [0.29, 0.717) is 33.5 Å². The third-order valence-electron chi connectivity index (χ3n) is 3.77. The van der Waals surface area contributed by atoms with Crippen LogP contribution in [0, 0.1) is 6.92 Å².